The van der Waals surface area contributed by atoms with Crippen molar-refractivity contribution in [1.82, 2.24) is 9.80 Å². The standard InChI is InChI=1S/C27H32N2O6/c1-3-35-21-11-10-20(18-22(21)33-2)24-23(25(30)19-8-5-4-6-9-19)26(31)27(32)29(24)13-7-12-28-14-16-34-17-15-28/h4-6,8-11,18,24,30H,3,7,12-17H2,1-2H3/t24-/m1/s1. The van der Waals surface area contributed by atoms with Crippen LogP contribution in [0.25, 0.3) is 5.76 Å². The summed E-state index contributed by atoms with van der Waals surface area (Å²) in [5.74, 6) is -0.399. The van der Waals surface area contributed by atoms with Gasteiger partial charge in [0.05, 0.1) is 38.5 Å². The summed E-state index contributed by atoms with van der Waals surface area (Å²) >= 11 is 0. The van der Waals surface area contributed by atoms with E-state index in [0.717, 1.165) is 19.6 Å². The predicted molar refractivity (Wildman–Crippen MR) is 131 cm³/mol. The number of rotatable bonds is 9. The maximum Gasteiger partial charge on any atom is 0.295 e. The minimum Gasteiger partial charge on any atom is -0.507 e. The third-order valence-electron chi connectivity index (χ3n) is 6.37. The first-order chi connectivity index (χ1) is 17.0. The zero-order valence-corrected chi connectivity index (χ0v) is 20.2. The largest absolute Gasteiger partial charge is 0.507 e. The smallest absolute Gasteiger partial charge is 0.295 e. The first kappa shape index (κ1) is 24.8. The summed E-state index contributed by atoms with van der Waals surface area (Å²) in [5, 5.41) is 11.2. The number of ether oxygens (including phenoxy) is 3. The highest BCUT2D eigenvalue weighted by molar-refractivity contribution is 6.46. The van der Waals surface area contributed by atoms with Crippen molar-refractivity contribution in [3.8, 4) is 11.5 Å². The van der Waals surface area contributed by atoms with Crippen molar-refractivity contribution in [2.75, 3.05) is 53.1 Å². The number of likely N-dealkylation sites (tertiary alicyclic amines) is 1. The Labute approximate surface area is 205 Å². The summed E-state index contributed by atoms with van der Waals surface area (Å²) in [5.41, 5.74) is 1.24. The second-order valence-electron chi connectivity index (χ2n) is 8.51. The minimum atomic E-state index is -0.732. The van der Waals surface area contributed by atoms with Crippen LogP contribution < -0.4 is 9.47 Å². The number of ketones is 1. The van der Waals surface area contributed by atoms with Gasteiger partial charge in [-0.2, -0.15) is 0 Å². The summed E-state index contributed by atoms with van der Waals surface area (Å²) in [6, 6.07) is 13.5. The van der Waals surface area contributed by atoms with Gasteiger partial charge in [0.15, 0.2) is 11.5 Å². The van der Waals surface area contributed by atoms with Crippen LogP contribution in [0.5, 0.6) is 11.5 Å². The summed E-state index contributed by atoms with van der Waals surface area (Å²) < 4.78 is 16.6. The number of morpholine rings is 1. The average molecular weight is 481 g/mol. The van der Waals surface area contributed by atoms with Gasteiger partial charge in [-0.15, -0.1) is 0 Å². The number of benzene rings is 2. The topological polar surface area (TPSA) is 88.5 Å². The lowest BCUT2D eigenvalue weighted by atomic mass is 9.95. The van der Waals surface area contributed by atoms with Gasteiger partial charge in [-0.05, 0) is 31.0 Å². The molecule has 0 spiro atoms. The minimum absolute atomic E-state index is 0.0822. The van der Waals surface area contributed by atoms with Crippen LogP contribution in [0.15, 0.2) is 54.1 Å². The summed E-state index contributed by atoms with van der Waals surface area (Å²) in [7, 11) is 1.55. The fraction of sp³-hybridized carbons (Fsp3) is 0.407. The molecule has 4 rings (SSSR count). The Morgan fingerprint density at radius 3 is 2.49 bits per heavy atom. The average Bonchev–Trinajstić information content (AvgIpc) is 3.15. The maximum absolute atomic E-state index is 13.2. The van der Waals surface area contributed by atoms with Crippen LogP contribution in [0, 0.1) is 0 Å². The second-order valence-corrected chi connectivity index (χ2v) is 8.51. The molecule has 35 heavy (non-hydrogen) atoms. The molecular weight excluding hydrogens is 448 g/mol. The molecule has 1 N–H and O–H groups in total. The molecule has 8 heteroatoms. The molecule has 0 aliphatic carbocycles. The van der Waals surface area contributed by atoms with E-state index in [2.05, 4.69) is 4.90 Å². The molecule has 8 nitrogen and oxygen atoms in total. The molecule has 2 aromatic rings. The van der Waals surface area contributed by atoms with Gasteiger partial charge in [0, 0.05) is 31.7 Å². The first-order valence-corrected chi connectivity index (χ1v) is 12.0. The molecule has 186 valence electrons. The van der Waals surface area contributed by atoms with Gasteiger partial charge in [-0.25, -0.2) is 0 Å². The molecule has 2 aromatic carbocycles. The van der Waals surface area contributed by atoms with Crippen LogP contribution >= 0.6 is 0 Å². The Morgan fingerprint density at radius 1 is 1.06 bits per heavy atom. The van der Waals surface area contributed by atoms with E-state index < -0.39 is 17.7 Å². The van der Waals surface area contributed by atoms with Crippen molar-refractivity contribution >= 4 is 17.4 Å². The molecule has 0 bridgehead atoms. The Kier molecular flexibility index (Phi) is 8.05. The molecule has 0 aromatic heterocycles. The fourth-order valence-corrected chi connectivity index (χ4v) is 4.63. The maximum atomic E-state index is 13.2. The van der Waals surface area contributed by atoms with Crippen LogP contribution in [0.1, 0.15) is 30.5 Å². The number of carbonyl (C=O) groups excluding carboxylic acids is 2. The lowest BCUT2D eigenvalue weighted by Gasteiger charge is -2.29. The van der Waals surface area contributed by atoms with Gasteiger partial charge in [0.2, 0.25) is 0 Å². The van der Waals surface area contributed by atoms with E-state index in [1.165, 1.54) is 0 Å². The van der Waals surface area contributed by atoms with E-state index in [0.29, 0.717) is 55.4 Å². The van der Waals surface area contributed by atoms with E-state index in [1.54, 1.807) is 48.4 Å². The number of hydrogen-bond acceptors (Lipinski definition) is 7. The van der Waals surface area contributed by atoms with Crippen LogP contribution in [0.4, 0.5) is 0 Å². The van der Waals surface area contributed by atoms with Gasteiger partial charge in [0.1, 0.15) is 5.76 Å². The normalized spacial score (nSPS) is 20.3. The van der Waals surface area contributed by atoms with Crippen LogP contribution in [-0.2, 0) is 14.3 Å². The molecule has 1 amide bonds. The molecule has 2 heterocycles. The number of nitrogens with zero attached hydrogens (tertiary/aromatic N) is 2. The van der Waals surface area contributed by atoms with Gasteiger partial charge >= 0.3 is 0 Å². The summed E-state index contributed by atoms with van der Waals surface area (Å²) in [6.07, 6.45) is 0.697. The van der Waals surface area contributed by atoms with Crippen LogP contribution in [-0.4, -0.2) is 79.7 Å². The SMILES string of the molecule is CCOc1ccc([C@@H]2C(=C(O)c3ccccc3)C(=O)C(=O)N2CCCN2CCOCC2)cc1OC. The number of amides is 1. The highest BCUT2D eigenvalue weighted by Gasteiger charge is 2.46. The van der Waals surface area contributed by atoms with Crippen molar-refractivity contribution < 1.29 is 28.9 Å². The molecule has 2 aliphatic heterocycles. The molecule has 2 saturated heterocycles. The van der Waals surface area contributed by atoms with Crippen molar-refractivity contribution in [2.24, 2.45) is 0 Å². The molecular formula is C27H32N2O6. The fourth-order valence-electron chi connectivity index (χ4n) is 4.63. The van der Waals surface area contributed by atoms with E-state index in [1.807, 2.05) is 19.1 Å². The predicted octanol–water partition coefficient (Wildman–Crippen LogP) is 3.24. The first-order valence-electron chi connectivity index (χ1n) is 12.0. The zero-order chi connectivity index (χ0) is 24.8. The highest BCUT2D eigenvalue weighted by Crippen LogP contribution is 2.42. The number of carbonyl (C=O) groups is 2. The molecule has 0 radical (unpaired) electrons. The highest BCUT2D eigenvalue weighted by atomic mass is 16.5. The van der Waals surface area contributed by atoms with E-state index in [4.69, 9.17) is 14.2 Å². The molecule has 1 atom stereocenters. The van der Waals surface area contributed by atoms with Gasteiger partial charge < -0.3 is 24.2 Å². The Balaban J connectivity index is 1.70. The summed E-state index contributed by atoms with van der Waals surface area (Å²) in [6.45, 7) is 6.65. The van der Waals surface area contributed by atoms with Crippen molar-refractivity contribution in [3.63, 3.8) is 0 Å². The summed E-state index contributed by atoms with van der Waals surface area (Å²) in [4.78, 5) is 30.2. The van der Waals surface area contributed by atoms with E-state index >= 15 is 0 Å². The zero-order valence-electron chi connectivity index (χ0n) is 20.2. The number of aliphatic hydroxyl groups is 1. The number of aliphatic hydroxyl groups excluding tert-OH is 1. The lowest BCUT2D eigenvalue weighted by molar-refractivity contribution is -0.140. The van der Waals surface area contributed by atoms with Crippen LogP contribution in [0.2, 0.25) is 0 Å². The van der Waals surface area contributed by atoms with Gasteiger partial charge in [-0.3, -0.25) is 14.5 Å². The number of methoxy groups -OCH3 is 1. The number of Topliss-reactive ketones (excluding diaryl/α,β-unsaturated/α-hetero) is 1. The Morgan fingerprint density at radius 2 is 1.80 bits per heavy atom. The van der Waals surface area contributed by atoms with Gasteiger partial charge in [-0.1, -0.05) is 36.4 Å². The molecule has 2 aliphatic rings. The van der Waals surface area contributed by atoms with Crippen LogP contribution in [0.3, 0.4) is 0 Å². The molecule has 2 fully saturated rings. The van der Waals surface area contributed by atoms with Crippen molar-refractivity contribution in [1.29, 1.82) is 0 Å². The second kappa shape index (κ2) is 11.4. The van der Waals surface area contributed by atoms with E-state index in [-0.39, 0.29) is 11.3 Å². The van der Waals surface area contributed by atoms with E-state index in [9.17, 15) is 14.7 Å². The quantitative estimate of drug-likeness (QED) is 0.335. The third kappa shape index (κ3) is 5.33. The monoisotopic (exact) mass is 480 g/mol. The van der Waals surface area contributed by atoms with Crippen molar-refractivity contribution in [2.45, 2.75) is 19.4 Å². The molecule has 0 unspecified atom stereocenters. The number of hydrogen-bond donors (Lipinski definition) is 1. The molecule has 0 saturated carbocycles. The van der Waals surface area contributed by atoms with Gasteiger partial charge in [0.25, 0.3) is 11.7 Å². The van der Waals surface area contributed by atoms with Crippen molar-refractivity contribution in [3.05, 3.63) is 65.2 Å². The third-order valence-corrected chi connectivity index (χ3v) is 6.37. The Bertz CT molecular complexity index is 1080. The Hall–Kier alpha value is -3.36. The lowest BCUT2D eigenvalue weighted by Crippen LogP contribution is -2.39.